The standard InChI is InChI=1S/C13H13Cl2NO4/c1-20-11-9(15)3-2-8(14)10(11)12(17)16-5-4-7(6-16)13(18)19/h2-3,7H,4-6H2,1H3,(H,18,19). The molecule has 1 atom stereocenters. The third-order valence-electron chi connectivity index (χ3n) is 3.30. The normalized spacial score (nSPS) is 18.1. The van der Waals surface area contributed by atoms with Crippen LogP contribution < -0.4 is 4.74 Å². The first-order chi connectivity index (χ1) is 9.45. The van der Waals surface area contributed by atoms with Gasteiger partial charge in [0.15, 0.2) is 5.75 Å². The van der Waals surface area contributed by atoms with E-state index < -0.39 is 11.9 Å². The molecular weight excluding hydrogens is 305 g/mol. The van der Waals surface area contributed by atoms with E-state index in [0.717, 1.165) is 0 Å². The van der Waals surface area contributed by atoms with Gasteiger partial charge in [-0.2, -0.15) is 0 Å². The number of amides is 1. The highest BCUT2D eigenvalue weighted by Gasteiger charge is 2.33. The highest BCUT2D eigenvalue weighted by molar-refractivity contribution is 6.37. The van der Waals surface area contributed by atoms with Crippen LogP contribution >= 0.6 is 23.2 Å². The molecule has 1 heterocycles. The van der Waals surface area contributed by atoms with Crippen LogP contribution in [0.3, 0.4) is 0 Å². The van der Waals surface area contributed by atoms with Crippen LogP contribution in [0.15, 0.2) is 12.1 Å². The van der Waals surface area contributed by atoms with Crippen molar-refractivity contribution in [1.82, 2.24) is 4.90 Å². The Kier molecular flexibility index (Phi) is 4.40. The zero-order valence-electron chi connectivity index (χ0n) is 10.7. The van der Waals surface area contributed by atoms with Crippen LogP contribution in [0, 0.1) is 5.92 Å². The first kappa shape index (κ1) is 14.9. The summed E-state index contributed by atoms with van der Waals surface area (Å²) in [5, 5.41) is 9.49. The first-order valence-electron chi connectivity index (χ1n) is 5.99. The minimum atomic E-state index is -0.899. The van der Waals surface area contributed by atoms with Gasteiger partial charge < -0.3 is 14.7 Å². The molecule has 0 aliphatic carbocycles. The van der Waals surface area contributed by atoms with E-state index in [1.54, 1.807) is 6.07 Å². The highest BCUT2D eigenvalue weighted by atomic mass is 35.5. The van der Waals surface area contributed by atoms with E-state index in [0.29, 0.717) is 13.0 Å². The van der Waals surface area contributed by atoms with Crippen molar-refractivity contribution in [2.75, 3.05) is 20.2 Å². The van der Waals surface area contributed by atoms with E-state index >= 15 is 0 Å². The van der Waals surface area contributed by atoms with Crippen molar-refractivity contribution in [3.8, 4) is 5.75 Å². The molecule has 1 unspecified atom stereocenters. The number of aliphatic carboxylic acids is 1. The molecule has 0 bridgehead atoms. The zero-order valence-corrected chi connectivity index (χ0v) is 12.2. The number of carbonyl (C=O) groups is 2. The number of hydrogen-bond acceptors (Lipinski definition) is 3. The Balaban J connectivity index is 2.31. The SMILES string of the molecule is COc1c(Cl)ccc(Cl)c1C(=O)N1CCC(C(=O)O)C1. The van der Waals surface area contributed by atoms with E-state index in [4.69, 9.17) is 33.0 Å². The molecule has 1 aromatic carbocycles. The molecule has 5 nitrogen and oxygen atoms in total. The molecule has 0 saturated carbocycles. The maximum Gasteiger partial charge on any atom is 0.308 e. The monoisotopic (exact) mass is 317 g/mol. The summed E-state index contributed by atoms with van der Waals surface area (Å²) in [4.78, 5) is 24.9. The van der Waals surface area contributed by atoms with Crippen molar-refractivity contribution in [2.45, 2.75) is 6.42 Å². The van der Waals surface area contributed by atoms with Crippen molar-refractivity contribution in [3.05, 3.63) is 27.7 Å². The number of halogens is 2. The van der Waals surface area contributed by atoms with Gasteiger partial charge in [0, 0.05) is 13.1 Å². The summed E-state index contributed by atoms with van der Waals surface area (Å²) in [6.07, 6.45) is 0.432. The Hall–Kier alpha value is -1.46. The number of carboxylic acid groups (broad SMARTS) is 1. The second kappa shape index (κ2) is 5.89. The molecule has 7 heteroatoms. The summed E-state index contributed by atoms with van der Waals surface area (Å²) in [6, 6.07) is 3.06. The molecule has 1 aromatic rings. The molecular formula is C13H13Cl2NO4. The number of benzene rings is 1. The van der Waals surface area contributed by atoms with Gasteiger partial charge in [-0.1, -0.05) is 23.2 Å². The van der Waals surface area contributed by atoms with Gasteiger partial charge in [0.2, 0.25) is 0 Å². The van der Waals surface area contributed by atoms with Crippen LogP contribution in [-0.4, -0.2) is 42.1 Å². The summed E-state index contributed by atoms with van der Waals surface area (Å²) in [5.74, 6) is -1.59. The lowest BCUT2D eigenvalue weighted by molar-refractivity contribution is -0.141. The third kappa shape index (κ3) is 2.69. The summed E-state index contributed by atoms with van der Waals surface area (Å²) in [5.41, 5.74) is 0.174. The Bertz CT molecular complexity index is 562. The lowest BCUT2D eigenvalue weighted by Gasteiger charge is -2.19. The molecule has 108 valence electrons. The van der Waals surface area contributed by atoms with E-state index in [-0.39, 0.29) is 33.8 Å². The topological polar surface area (TPSA) is 66.8 Å². The van der Waals surface area contributed by atoms with Crippen molar-refractivity contribution < 1.29 is 19.4 Å². The Morgan fingerprint density at radius 1 is 1.35 bits per heavy atom. The van der Waals surface area contributed by atoms with Gasteiger partial charge in [0.05, 0.1) is 23.1 Å². The predicted octanol–water partition coefficient (Wildman–Crippen LogP) is 2.55. The fourth-order valence-corrected chi connectivity index (χ4v) is 2.70. The second-order valence-electron chi connectivity index (χ2n) is 4.51. The van der Waals surface area contributed by atoms with Crippen molar-refractivity contribution in [2.24, 2.45) is 5.92 Å². The zero-order chi connectivity index (χ0) is 14.9. The molecule has 2 rings (SSSR count). The number of rotatable bonds is 3. The van der Waals surface area contributed by atoms with Crippen LogP contribution in [0.25, 0.3) is 0 Å². The molecule has 0 spiro atoms. The highest BCUT2D eigenvalue weighted by Crippen LogP contribution is 2.35. The second-order valence-corrected chi connectivity index (χ2v) is 5.33. The largest absolute Gasteiger partial charge is 0.494 e. The number of ether oxygens (including phenoxy) is 1. The summed E-state index contributed by atoms with van der Waals surface area (Å²) < 4.78 is 5.13. The number of carbonyl (C=O) groups excluding carboxylic acids is 1. The van der Waals surface area contributed by atoms with Crippen LogP contribution in [-0.2, 0) is 4.79 Å². The minimum absolute atomic E-state index is 0.167. The lowest BCUT2D eigenvalue weighted by Crippen LogP contribution is -2.30. The van der Waals surface area contributed by atoms with Crippen molar-refractivity contribution in [3.63, 3.8) is 0 Å². The lowest BCUT2D eigenvalue weighted by atomic mass is 10.1. The van der Waals surface area contributed by atoms with Gasteiger partial charge in [0.1, 0.15) is 5.56 Å². The van der Waals surface area contributed by atoms with E-state index in [2.05, 4.69) is 0 Å². The number of carboxylic acids is 1. The number of nitrogens with zero attached hydrogens (tertiary/aromatic N) is 1. The Morgan fingerprint density at radius 3 is 2.55 bits per heavy atom. The van der Waals surface area contributed by atoms with E-state index in [1.165, 1.54) is 18.1 Å². The Morgan fingerprint density at radius 2 is 2.00 bits per heavy atom. The smallest absolute Gasteiger partial charge is 0.308 e. The molecule has 20 heavy (non-hydrogen) atoms. The fourth-order valence-electron chi connectivity index (χ4n) is 2.24. The quantitative estimate of drug-likeness (QED) is 0.930. The molecule has 0 radical (unpaired) electrons. The van der Waals surface area contributed by atoms with Crippen LogP contribution in [0.4, 0.5) is 0 Å². The van der Waals surface area contributed by atoms with Gasteiger partial charge in [0.25, 0.3) is 5.91 Å². The summed E-state index contributed by atoms with van der Waals surface area (Å²) >= 11 is 12.0. The molecule has 1 aliphatic heterocycles. The molecule has 1 amide bonds. The average molecular weight is 318 g/mol. The molecule has 1 N–H and O–H groups in total. The van der Waals surface area contributed by atoms with Crippen LogP contribution in [0.2, 0.25) is 10.0 Å². The first-order valence-corrected chi connectivity index (χ1v) is 6.75. The number of likely N-dealkylation sites (tertiary alicyclic amines) is 1. The molecule has 1 aliphatic rings. The minimum Gasteiger partial charge on any atom is -0.494 e. The molecule has 1 saturated heterocycles. The van der Waals surface area contributed by atoms with Gasteiger partial charge in [-0.15, -0.1) is 0 Å². The van der Waals surface area contributed by atoms with Crippen LogP contribution in [0.5, 0.6) is 5.75 Å². The third-order valence-corrected chi connectivity index (χ3v) is 3.91. The fraction of sp³-hybridized carbons (Fsp3) is 0.385. The van der Waals surface area contributed by atoms with Gasteiger partial charge >= 0.3 is 5.97 Å². The molecule has 1 fully saturated rings. The van der Waals surface area contributed by atoms with Crippen LogP contribution in [0.1, 0.15) is 16.8 Å². The average Bonchev–Trinajstić information content (AvgIpc) is 2.90. The maximum atomic E-state index is 12.5. The summed E-state index contributed by atoms with van der Waals surface area (Å²) in [6.45, 7) is 0.544. The predicted molar refractivity (Wildman–Crippen MR) is 74.7 cm³/mol. The van der Waals surface area contributed by atoms with Crippen molar-refractivity contribution in [1.29, 1.82) is 0 Å². The van der Waals surface area contributed by atoms with Gasteiger partial charge in [-0.05, 0) is 18.6 Å². The maximum absolute atomic E-state index is 12.5. The van der Waals surface area contributed by atoms with Gasteiger partial charge in [-0.3, -0.25) is 9.59 Å². The number of methoxy groups -OCH3 is 1. The summed E-state index contributed by atoms with van der Waals surface area (Å²) in [7, 11) is 1.40. The number of hydrogen-bond donors (Lipinski definition) is 1. The van der Waals surface area contributed by atoms with E-state index in [9.17, 15) is 9.59 Å². The van der Waals surface area contributed by atoms with E-state index in [1.807, 2.05) is 0 Å². The Labute approximate surface area is 126 Å². The van der Waals surface area contributed by atoms with Crippen molar-refractivity contribution >= 4 is 35.1 Å². The van der Waals surface area contributed by atoms with Gasteiger partial charge in [-0.25, -0.2) is 0 Å². The molecule has 0 aromatic heterocycles.